The van der Waals surface area contributed by atoms with Crippen molar-refractivity contribution < 1.29 is 28.6 Å². The molecule has 9 heteroatoms. The van der Waals surface area contributed by atoms with Crippen LogP contribution in [0.4, 0.5) is 10.5 Å². The molecule has 7 nitrogen and oxygen atoms in total. The number of methoxy groups -OCH3 is 1. The Morgan fingerprint density at radius 1 is 1.00 bits per heavy atom. The number of carbonyl (C=O) groups is 3. The highest BCUT2D eigenvalue weighted by Crippen LogP contribution is 2.41. The van der Waals surface area contributed by atoms with Crippen LogP contribution >= 0.6 is 27.5 Å². The van der Waals surface area contributed by atoms with Crippen molar-refractivity contribution in [2.45, 2.75) is 26.4 Å². The molecule has 0 saturated heterocycles. The third kappa shape index (κ3) is 5.87. The molecule has 0 radical (unpaired) electrons. The number of rotatable bonds is 4. The number of hydrogen-bond acceptors (Lipinski definition) is 6. The second kappa shape index (κ2) is 10.4. The normalized spacial score (nSPS) is 13.9. The molecular weight excluding hydrogens is 562 g/mol. The topological polar surface area (TPSA) is 82.1 Å². The van der Waals surface area contributed by atoms with Crippen molar-refractivity contribution in [1.82, 2.24) is 0 Å². The van der Waals surface area contributed by atoms with Crippen molar-refractivity contribution in [3.05, 3.63) is 86.8 Å². The average Bonchev–Trinajstić information content (AvgIpc) is 3.10. The van der Waals surface area contributed by atoms with Gasteiger partial charge in [-0.2, -0.15) is 0 Å². The van der Waals surface area contributed by atoms with Crippen LogP contribution in [0.5, 0.6) is 11.5 Å². The number of esters is 1. The van der Waals surface area contributed by atoms with Gasteiger partial charge in [-0.15, -0.1) is 0 Å². The van der Waals surface area contributed by atoms with E-state index in [1.54, 1.807) is 87.5 Å². The van der Waals surface area contributed by atoms with E-state index in [0.717, 1.165) is 9.37 Å². The van der Waals surface area contributed by atoms with Crippen LogP contribution in [-0.4, -0.2) is 30.7 Å². The van der Waals surface area contributed by atoms with E-state index in [1.807, 2.05) is 0 Å². The van der Waals surface area contributed by atoms with Crippen molar-refractivity contribution in [3.63, 3.8) is 0 Å². The Balaban J connectivity index is 1.74. The van der Waals surface area contributed by atoms with E-state index >= 15 is 0 Å². The van der Waals surface area contributed by atoms with E-state index in [0.29, 0.717) is 38.9 Å². The van der Waals surface area contributed by atoms with E-state index in [4.69, 9.17) is 25.8 Å². The quantitative estimate of drug-likeness (QED) is 0.233. The van der Waals surface area contributed by atoms with Gasteiger partial charge in [0.2, 0.25) is 0 Å². The number of amides is 2. The molecule has 0 unspecified atom stereocenters. The molecule has 0 saturated carbocycles. The summed E-state index contributed by atoms with van der Waals surface area (Å²) in [5.41, 5.74) is 1.34. The van der Waals surface area contributed by atoms with Crippen molar-refractivity contribution in [2.24, 2.45) is 0 Å². The lowest BCUT2D eigenvalue weighted by molar-refractivity contribution is -0.112. The molecule has 0 N–H and O–H groups in total. The van der Waals surface area contributed by atoms with Crippen LogP contribution in [0.15, 0.2) is 65.1 Å². The van der Waals surface area contributed by atoms with Gasteiger partial charge in [-0.05, 0) is 81.4 Å². The molecule has 4 rings (SSSR count). The lowest BCUT2D eigenvalue weighted by Gasteiger charge is -2.23. The minimum Gasteiger partial charge on any atom is -0.465 e. The first-order chi connectivity index (χ1) is 17.5. The standard InChI is InChI=1S/C28H23BrClNO6/c1-28(2,3)37-27(34)31-23-15-19(30)8-11-21(23)22(25(31)32)14-17-13-18(29)7-12-24(17)36-20-9-5-16(6-10-20)26(33)35-4/h5-15H,1-4H3/b22-14-. The number of anilines is 1. The van der Waals surface area contributed by atoms with Crippen LogP contribution in [0.3, 0.4) is 0 Å². The highest BCUT2D eigenvalue weighted by atomic mass is 79.9. The van der Waals surface area contributed by atoms with Crippen LogP contribution in [0.1, 0.15) is 42.3 Å². The van der Waals surface area contributed by atoms with E-state index in [1.165, 1.54) is 7.11 Å². The number of carbonyl (C=O) groups excluding carboxylic acids is 3. The fraction of sp³-hybridized carbons (Fsp3) is 0.179. The van der Waals surface area contributed by atoms with Crippen LogP contribution in [-0.2, 0) is 14.3 Å². The van der Waals surface area contributed by atoms with Crippen molar-refractivity contribution in [2.75, 3.05) is 12.0 Å². The Bertz CT molecular complexity index is 1430. The fourth-order valence-electron chi connectivity index (χ4n) is 3.68. The number of fused-ring (bicyclic) bond motifs is 1. The number of benzene rings is 3. The van der Waals surface area contributed by atoms with Crippen molar-refractivity contribution >= 4 is 62.8 Å². The first-order valence-corrected chi connectivity index (χ1v) is 12.4. The number of hydrogen-bond donors (Lipinski definition) is 0. The predicted octanol–water partition coefficient (Wildman–Crippen LogP) is 7.50. The summed E-state index contributed by atoms with van der Waals surface area (Å²) in [5, 5.41) is 0.378. The molecule has 2 amide bonds. The highest BCUT2D eigenvalue weighted by molar-refractivity contribution is 9.10. The second-order valence-corrected chi connectivity index (χ2v) is 10.5. The van der Waals surface area contributed by atoms with Gasteiger partial charge in [0.1, 0.15) is 17.1 Å². The van der Waals surface area contributed by atoms with Gasteiger partial charge >= 0.3 is 12.1 Å². The second-order valence-electron chi connectivity index (χ2n) is 9.14. The Morgan fingerprint density at radius 2 is 1.70 bits per heavy atom. The zero-order valence-electron chi connectivity index (χ0n) is 20.5. The lowest BCUT2D eigenvalue weighted by atomic mass is 10.0. The summed E-state index contributed by atoms with van der Waals surface area (Å²) in [6.45, 7) is 5.18. The third-order valence-corrected chi connectivity index (χ3v) is 6.00. The van der Waals surface area contributed by atoms with Gasteiger partial charge in [0.05, 0.1) is 23.9 Å². The fourth-order valence-corrected chi connectivity index (χ4v) is 4.22. The van der Waals surface area contributed by atoms with Gasteiger partial charge in [-0.25, -0.2) is 14.5 Å². The molecule has 1 heterocycles. The smallest absolute Gasteiger partial charge is 0.422 e. The maximum Gasteiger partial charge on any atom is 0.422 e. The molecule has 1 aliphatic heterocycles. The van der Waals surface area contributed by atoms with Gasteiger partial charge in [-0.1, -0.05) is 33.6 Å². The Kier molecular flexibility index (Phi) is 7.43. The van der Waals surface area contributed by atoms with Gasteiger partial charge in [0.15, 0.2) is 0 Å². The van der Waals surface area contributed by atoms with E-state index in [2.05, 4.69) is 15.9 Å². The zero-order chi connectivity index (χ0) is 26.9. The zero-order valence-corrected chi connectivity index (χ0v) is 22.8. The van der Waals surface area contributed by atoms with Gasteiger partial charge in [0, 0.05) is 20.6 Å². The first kappa shape index (κ1) is 26.4. The molecule has 0 spiro atoms. The van der Waals surface area contributed by atoms with Crippen molar-refractivity contribution in [3.8, 4) is 11.5 Å². The first-order valence-electron chi connectivity index (χ1n) is 11.2. The molecule has 3 aromatic rings. The molecule has 0 bridgehead atoms. The van der Waals surface area contributed by atoms with E-state index < -0.39 is 23.6 Å². The molecule has 190 valence electrons. The molecule has 0 atom stereocenters. The molecule has 0 aromatic heterocycles. The monoisotopic (exact) mass is 583 g/mol. The lowest BCUT2D eigenvalue weighted by Crippen LogP contribution is -2.38. The summed E-state index contributed by atoms with van der Waals surface area (Å²) < 4.78 is 17.0. The molecule has 1 aliphatic rings. The van der Waals surface area contributed by atoms with Gasteiger partial charge < -0.3 is 14.2 Å². The van der Waals surface area contributed by atoms with E-state index in [-0.39, 0.29) is 5.57 Å². The van der Waals surface area contributed by atoms with Gasteiger partial charge in [0.25, 0.3) is 5.91 Å². The number of ether oxygens (including phenoxy) is 3. The van der Waals surface area contributed by atoms with Crippen LogP contribution in [0.2, 0.25) is 5.02 Å². The highest BCUT2D eigenvalue weighted by Gasteiger charge is 2.39. The summed E-state index contributed by atoms with van der Waals surface area (Å²) in [7, 11) is 1.31. The minimum atomic E-state index is -0.794. The summed E-state index contributed by atoms with van der Waals surface area (Å²) in [6, 6.07) is 16.7. The predicted molar refractivity (Wildman–Crippen MR) is 145 cm³/mol. The van der Waals surface area contributed by atoms with Crippen LogP contribution < -0.4 is 9.64 Å². The average molecular weight is 585 g/mol. The Morgan fingerprint density at radius 3 is 2.35 bits per heavy atom. The number of imide groups is 1. The van der Waals surface area contributed by atoms with Gasteiger partial charge in [-0.3, -0.25) is 4.79 Å². The third-order valence-electron chi connectivity index (χ3n) is 5.28. The SMILES string of the molecule is COC(=O)c1ccc(Oc2ccc(Br)cc2/C=C2\C(=O)N(C(=O)OC(C)(C)C)c3cc(Cl)ccc32)cc1. The summed E-state index contributed by atoms with van der Waals surface area (Å²) >= 11 is 9.66. The number of nitrogens with zero attached hydrogens (tertiary/aromatic N) is 1. The summed E-state index contributed by atoms with van der Waals surface area (Å²) in [5.74, 6) is -0.0518. The molecule has 0 aliphatic carbocycles. The van der Waals surface area contributed by atoms with Crippen LogP contribution in [0.25, 0.3) is 11.6 Å². The minimum absolute atomic E-state index is 0.279. The molecule has 3 aromatic carbocycles. The van der Waals surface area contributed by atoms with E-state index in [9.17, 15) is 14.4 Å². The van der Waals surface area contributed by atoms with Crippen LogP contribution in [0, 0.1) is 0 Å². The molecular formula is C28H23BrClNO6. The van der Waals surface area contributed by atoms with Crippen molar-refractivity contribution in [1.29, 1.82) is 0 Å². The molecule has 37 heavy (non-hydrogen) atoms. The maximum absolute atomic E-state index is 13.5. The Hall–Kier alpha value is -3.62. The summed E-state index contributed by atoms with van der Waals surface area (Å²) in [6.07, 6.45) is 0.864. The largest absolute Gasteiger partial charge is 0.465 e. The summed E-state index contributed by atoms with van der Waals surface area (Å²) in [4.78, 5) is 39.2. The Labute approximate surface area is 227 Å². The molecule has 0 fully saturated rings. The number of halogens is 2. The maximum atomic E-state index is 13.5.